The van der Waals surface area contributed by atoms with Crippen molar-refractivity contribution in [2.45, 2.75) is 50.7 Å². The van der Waals surface area contributed by atoms with E-state index < -0.39 is 24.5 Å². The summed E-state index contributed by atoms with van der Waals surface area (Å²) < 4.78 is 7.19. The minimum absolute atomic E-state index is 0.368. The molecule has 4 atom stereocenters. The van der Waals surface area contributed by atoms with E-state index in [0.717, 1.165) is 19.3 Å². The minimum Gasteiger partial charge on any atom is -0.394 e. The smallest absolute Gasteiger partial charge is 0.164 e. The van der Waals surface area contributed by atoms with E-state index in [0.29, 0.717) is 22.7 Å². The fourth-order valence-electron chi connectivity index (χ4n) is 2.87. The first kappa shape index (κ1) is 16.1. The topological polar surface area (TPSA) is 127 Å². The molecule has 8 nitrogen and oxygen atoms in total. The Bertz CT molecular complexity index is 689. The van der Waals surface area contributed by atoms with Crippen LogP contribution in [-0.4, -0.2) is 54.8 Å². The van der Waals surface area contributed by atoms with Gasteiger partial charge < -0.3 is 30.4 Å². The molecule has 3 rings (SSSR count). The van der Waals surface area contributed by atoms with Crippen LogP contribution in [0.1, 0.15) is 31.8 Å². The number of rotatable bonds is 5. The van der Waals surface area contributed by atoms with Gasteiger partial charge in [-0.1, -0.05) is 13.3 Å². The highest BCUT2D eigenvalue weighted by Gasteiger charge is 2.43. The summed E-state index contributed by atoms with van der Waals surface area (Å²) in [5.41, 5.74) is 6.55. The Labute approximate surface area is 133 Å². The van der Waals surface area contributed by atoms with E-state index in [1.54, 1.807) is 16.8 Å². The predicted octanol–water partition coefficient (Wildman–Crippen LogP) is -0.0324. The molecule has 2 aromatic heterocycles. The third-order valence-corrected chi connectivity index (χ3v) is 4.19. The van der Waals surface area contributed by atoms with Crippen LogP contribution < -0.4 is 5.73 Å². The van der Waals surface area contributed by atoms with Crippen molar-refractivity contribution in [2.75, 3.05) is 12.3 Å². The molecule has 0 unspecified atom stereocenters. The number of nitrogens with two attached hydrogens (primary N) is 1. The molecular weight excluding hydrogens is 300 g/mol. The van der Waals surface area contributed by atoms with Gasteiger partial charge in [0.25, 0.3) is 0 Å². The van der Waals surface area contributed by atoms with Crippen LogP contribution in [0.15, 0.2) is 12.3 Å². The highest BCUT2D eigenvalue weighted by atomic mass is 16.6. The van der Waals surface area contributed by atoms with Gasteiger partial charge in [0.1, 0.15) is 35.6 Å². The Morgan fingerprint density at radius 1 is 1.30 bits per heavy atom. The van der Waals surface area contributed by atoms with Crippen molar-refractivity contribution < 1.29 is 20.1 Å². The third kappa shape index (κ3) is 2.78. The van der Waals surface area contributed by atoms with Crippen LogP contribution in [0.2, 0.25) is 0 Å². The molecule has 0 aromatic carbocycles. The first-order valence-corrected chi connectivity index (χ1v) is 7.82. The molecule has 0 saturated carbocycles. The Hall–Kier alpha value is -1.74. The van der Waals surface area contributed by atoms with Gasteiger partial charge >= 0.3 is 0 Å². The highest BCUT2D eigenvalue weighted by molar-refractivity contribution is 5.86. The second-order valence-electron chi connectivity index (χ2n) is 5.82. The average Bonchev–Trinajstić information content (AvgIpc) is 3.08. The standard InChI is InChI=1S/C15H22N4O4/c1-2-3-4-10-17-13(16)8-5-6-19(14(8)18-10)15-12(22)11(21)9(7-20)23-15/h5-6,9,11-12,15,20-22H,2-4,7H2,1H3,(H2,16,17,18)/t9-,11-,12-,15-/m1/s1. The Morgan fingerprint density at radius 2 is 2.09 bits per heavy atom. The van der Waals surface area contributed by atoms with Crippen molar-refractivity contribution >= 4 is 16.9 Å². The monoisotopic (exact) mass is 322 g/mol. The first-order chi connectivity index (χ1) is 11.1. The van der Waals surface area contributed by atoms with Gasteiger partial charge in [0.15, 0.2) is 6.23 Å². The molecule has 2 aromatic rings. The van der Waals surface area contributed by atoms with Crippen LogP contribution in [-0.2, 0) is 11.2 Å². The van der Waals surface area contributed by atoms with Gasteiger partial charge in [0.05, 0.1) is 12.0 Å². The van der Waals surface area contributed by atoms with Gasteiger partial charge in [0.2, 0.25) is 0 Å². The van der Waals surface area contributed by atoms with Gasteiger partial charge in [-0.25, -0.2) is 9.97 Å². The summed E-state index contributed by atoms with van der Waals surface area (Å²) >= 11 is 0. The first-order valence-electron chi connectivity index (χ1n) is 7.82. The second kappa shape index (κ2) is 6.40. The number of nitrogens with zero attached hydrogens (tertiary/aromatic N) is 3. The summed E-state index contributed by atoms with van der Waals surface area (Å²) in [5.74, 6) is 1.02. The number of fused-ring (bicyclic) bond motifs is 1. The molecule has 0 radical (unpaired) electrons. The molecule has 3 heterocycles. The lowest BCUT2D eigenvalue weighted by Crippen LogP contribution is -2.33. The third-order valence-electron chi connectivity index (χ3n) is 4.19. The maximum Gasteiger partial charge on any atom is 0.164 e. The van der Waals surface area contributed by atoms with E-state index in [2.05, 4.69) is 16.9 Å². The minimum atomic E-state index is -1.15. The molecule has 5 N–H and O–H groups in total. The Balaban J connectivity index is 1.99. The zero-order chi connectivity index (χ0) is 16.6. The van der Waals surface area contributed by atoms with Gasteiger partial charge in [0, 0.05) is 12.6 Å². The average molecular weight is 322 g/mol. The van der Waals surface area contributed by atoms with E-state index in [4.69, 9.17) is 10.5 Å². The number of nitrogen functional groups attached to an aromatic ring is 1. The van der Waals surface area contributed by atoms with Crippen molar-refractivity contribution in [3.05, 3.63) is 18.1 Å². The van der Waals surface area contributed by atoms with Crippen molar-refractivity contribution in [3.63, 3.8) is 0 Å². The van der Waals surface area contributed by atoms with Crippen molar-refractivity contribution in [1.82, 2.24) is 14.5 Å². The molecule has 0 amide bonds. The lowest BCUT2D eigenvalue weighted by molar-refractivity contribution is -0.0508. The Morgan fingerprint density at radius 3 is 2.74 bits per heavy atom. The molecule has 1 fully saturated rings. The van der Waals surface area contributed by atoms with Crippen LogP contribution in [0.4, 0.5) is 5.82 Å². The molecule has 0 aliphatic carbocycles. The van der Waals surface area contributed by atoms with Crippen LogP contribution in [0.3, 0.4) is 0 Å². The molecule has 1 aliphatic heterocycles. The van der Waals surface area contributed by atoms with E-state index in [1.807, 2.05) is 0 Å². The largest absolute Gasteiger partial charge is 0.394 e. The fourth-order valence-corrected chi connectivity index (χ4v) is 2.87. The number of anilines is 1. The molecule has 126 valence electrons. The number of aromatic nitrogens is 3. The number of aliphatic hydroxyl groups excluding tert-OH is 3. The predicted molar refractivity (Wildman–Crippen MR) is 83.6 cm³/mol. The zero-order valence-corrected chi connectivity index (χ0v) is 13.0. The summed E-state index contributed by atoms with van der Waals surface area (Å²) in [5, 5.41) is 30.0. The number of ether oxygens (including phenoxy) is 1. The summed E-state index contributed by atoms with van der Waals surface area (Å²) in [4.78, 5) is 8.83. The number of unbranched alkanes of at least 4 members (excludes halogenated alkanes) is 1. The van der Waals surface area contributed by atoms with Crippen LogP contribution >= 0.6 is 0 Å². The SMILES string of the molecule is CCCCc1nc(N)c2ccn([C@@H]3O[C@H](CO)[C@@H](O)[C@H]3O)c2n1. The number of hydrogen-bond acceptors (Lipinski definition) is 7. The molecular formula is C15H22N4O4. The van der Waals surface area contributed by atoms with E-state index in [9.17, 15) is 15.3 Å². The molecule has 1 aliphatic rings. The van der Waals surface area contributed by atoms with Crippen molar-refractivity contribution in [1.29, 1.82) is 0 Å². The molecule has 1 saturated heterocycles. The normalized spacial score (nSPS) is 27.8. The van der Waals surface area contributed by atoms with Crippen molar-refractivity contribution in [2.24, 2.45) is 0 Å². The number of aliphatic hydroxyl groups is 3. The number of aryl methyl sites for hydroxylation is 1. The highest BCUT2D eigenvalue weighted by Crippen LogP contribution is 2.32. The summed E-state index contributed by atoms with van der Waals surface area (Å²) in [6.07, 6.45) is 0.437. The van der Waals surface area contributed by atoms with Gasteiger partial charge in [-0.05, 0) is 12.5 Å². The maximum atomic E-state index is 10.2. The lowest BCUT2D eigenvalue weighted by Gasteiger charge is -2.17. The zero-order valence-electron chi connectivity index (χ0n) is 13.0. The lowest BCUT2D eigenvalue weighted by atomic mass is 10.1. The van der Waals surface area contributed by atoms with Gasteiger partial charge in [-0.2, -0.15) is 0 Å². The Kier molecular flexibility index (Phi) is 4.49. The molecule has 0 bridgehead atoms. The van der Waals surface area contributed by atoms with Crippen LogP contribution in [0.25, 0.3) is 11.0 Å². The quantitative estimate of drug-likeness (QED) is 0.608. The molecule has 23 heavy (non-hydrogen) atoms. The van der Waals surface area contributed by atoms with E-state index in [-0.39, 0.29) is 6.61 Å². The summed E-state index contributed by atoms with van der Waals surface area (Å²) in [7, 11) is 0. The maximum absolute atomic E-state index is 10.2. The van der Waals surface area contributed by atoms with Gasteiger partial charge in [-0.15, -0.1) is 0 Å². The van der Waals surface area contributed by atoms with Crippen LogP contribution in [0.5, 0.6) is 0 Å². The molecule has 0 spiro atoms. The summed E-state index contributed by atoms with van der Waals surface area (Å²) in [6.45, 7) is 1.72. The van der Waals surface area contributed by atoms with E-state index in [1.165, 1.54) is 0 Å². The fraction of sp³-hybridized carbons (Fsp3) is 0.600. The number of hydrogen-bond donors (Lipinski definition) is 4. The van der Waals surface area contributed by atoms with E-state index >= 15 is 0 Å². The second-order valence-corrected chi connectivity index (χ2v) is 5.82. The van der Waals surface area contributed by atoms with Crippen LogP contribution in [0, 0.1) is 0 Å². The van der Waals surface area contributed by atoms with Gasteiger partial charge in [-0.3, -0.25) is 0 Å². The van der Waals surface area contributed by atoms with Crippen molar-refractivity contribution in [3.8, 4) is 0 Å². The summed E-state index contributed by atoms with van der Waals surface area (Å²) in [6, 6.07) is 1.75. The molecule has 8 heteroatoms.